The van der Waals surface area contributed by atoms with E-state index in [4.69, 9.17) is 5.11 Å². The summed E-state index contributed by atoms with van der Waals surface area (Å²) in [4.78, 5) is 10.6. The molecule has 1 aliphatic carbocycles. The van der Waals surface area contributed by atoms with Crippen LogP contribution in [0.25, 0.3) is 0 Å². The number of carboxylic acid groups (broad SMARTS) is 1. The van der Waals surface area contributed by atoms with E-state index in [9.17, 15) is 4.79 Å². The van der Waals surface area contributed by atoms with Crippen LogP contribution in [0.3, 0.4) is 0 Å². The summed E-state index contributed by atoms with van der Waals surface area (Å²) in [7, 11) is 0. The lowest BCUT2D eigenvalue weighted by molar-refractivity contribution is -0.131. The molecule has 1 rings (SSSR count). The van der Waals surface area contributed by atoms with Crippen LogP contribution in [-0.2, 0) is 4.79 Å². The SMILES string of the molecule is CC1=C(/C=C/C(C)=C/C=C/C(C)=C/C=C/C(C)=C/C(=O)O)C(C)(C)CCC1. The highest BCUT2D eigenvalue weighted by Gasteiger charge is 2.26. The first-order chi connectivity index (χ1) is 12.6. The lowest BCUT2D eigenvalue weighted by atomic mass is 9.72. The molecule has 0 atom stereocenters. The van der Waals surface area contributed by atoms with Gasteiger partial charge >= 0.3 is 5.97 Å². The number of carbonyl (C=O) groups is 1. The average molecular weight is 367 g/mol. The molecule has 1 aliphatic rings. The maximum absolute atomic E-state index is 10.6. The third kappa shape index (κ3) is 8.72. The minimum Gasteiger partial charge on any atom is -0.478 e. The molecule has 0 spiro atoms. The van der Waals surface area contributed by atoms with Gasteiger partial charge < -0.3 is 5.11 Å². The van der Waals surface area contributed by atoms with Gasteiger partial charge in [-0.3, -0.25) is 0 Å². The fourth-order valence-electron chi connectivity index (χ4n) is 3.28. The number of hydrogen-bond donors (Lipinski definition) is 1. The number of rotatable bonds is 7. The van der Waals surface area contributed by atoms with Crippen LogP contribution in [0.15, 0.2) is 82.5 Å². The summed E-state index contributed by atoms with van der Waals surface area (Å²) in [6.45, 7) is 12.8. The first-order valence-corrected chi connectivity index (χ1v) is 9.61. The zero-order valence-electron chi connectivity index (χ0n) is 17.7. The van der Waals surface area contributed by atoms with Gasteiger partial charge in [-0.2, -0.15) is 0 Å². The fraction of sp³-hybridized carbons (Fsp3) is 0.400. The number of aliphatic carboxylic acids is 1. The Morgan fingerprint density at radius 3 is 2.07 bits per heavy atom. The Morgan fingerprint density at radius 2 is 1.52 bits per heavy atom. The molecule has 0 amide bonds. The van der Waals surface area contributed by atoms with Gasteiger partial charge in [-0.25, -0.2) is 4.79 Å². The van der Waals surface area contributed by atoms with Gasteiger partial charge in [0.15, 0.2) is 0 Å². The maximum atomic E-state index is 10.6. The predicted octanol–water partition coefficient (Wildman–Crippen LogP) is 7.11. The zero-order valence-corrected chi connectivity index (χ0v) is 17.7. The Morgan fingerprint density at radius 1 is 0.963 bits per heavy atom. The third-order valence-electron chi connectivity index (χ3n) is 4.84. The first-order valence-electron chi connectivity index (χ1n) is 9.61. The molecule has 0 aromatic heterocycles. The van der Waals surface area contributed by atoms with Gasteiger partial charge in [-0.15, -0.1) is 0 Å². The van der Waals surface area contributed by atoms with Crippen molar-refractivity contribution in [2.24, 2.45) is 5.41 Å². The van der Waals surface area contributed by atoms with Crippen molar-refractivity contribution >= 4 is 5.97 Å². The van der Waals surface area contributed by atoms with Gasteiger partial charge in [0.1, 0.15) is 0 Å². The zero-order chi connectivity index (χ0) is 20.4. The van der Waals surface area contributed by atoms with E-state index in [2.05, 4.69) is 45.9 Å². The maximum Gasteiger partial charge on any atom is 0.328 e. The van der Waals surface area contributed by atoms with Crippen LogP contribution in [0.2, 0.25) is 0 Å². The van der Waals surface area contributed by atoms with Gasteiger partial charge in [0.25, 0.3) is 0 Å². The summed E-state index contributed by atoms with van der Waals surface area (Å²) in [5, 5.41) is 8.68. The molecule has 0 unspecified atom stereocenters. The van der Waals surface area contributed by atoms with Gasteiger partial charge in [0.2, 0.25) is 0 Å². The van der Waals surface area contributed by atoms with Crippen LogP contribution < -0.4 is 0 Å². The van der Waals surface area contributed by atoms with Gasteiger partial charge in [-0.05, 0) is 63.5 Å². The molecule has 0 bridgehead atoms. The molecule has 2 nitrogen and oxygen atoms in total. The molecular formula is C25H34O2. The summed E-state index contributed by atoms with van der Waals surface area (Å²) < 4.78 is 0. The van der Waals surface area contributed by atoms with Crippen LogP contribution in [0, 0.1) is 5.41 Å². The van der Waals surface area contributed by atoms with Crippen LogP contribution in [0.1, 0.15) is 60.8 Å². The van der Waals surface area contributed by atoms with Crippen molar-refractivity contribution in [3.63, 3.8) is 0 Å². The van der Waals surface area contributed by atoms with Gasteiger partial charge in [0, 0.05) is 6.08 Å². The Balaban J connectivity index is 2.71. The van der Waals surface area contributed by atoms with Crippen LogP contribution >= 0.6 is 0 Å². The highest BCUT2D eigenvalue weighted by molar-refractivity contribution is 5.81. The standard InChI is InChI=1S/C25H34O2/c1-19(11-8-13-21(3)18-24(26)27)10-7-12-20(2)15-16-23-22(4)14-9-17-25(23,5)6/h7-8,10-13,15-16,18H,9,14,17H2,1-6H3,(H,26,27)/b10-7+,13-8+,16-15+,19-11+,20-12+,21-18+. The second kappa shape index (κ2) is 10.7. The minimum absolute atomic E-state index is 0.272. The van der Waals surface area contributed by atoms with E-state index in [0.29, 0.717) is 5.57 Å². The molecule has 0 fully saturated rings. The molecule has 1 N–H and O–H groups in total. The van der Waals surface area contributed by atoms with Crippen molar-refractivity contribution in [3.8, 4) is 0 Å². The molecular weight excluding hydrogens is 332 g/mol. The fourth-order valence-corrected chi connectivity index (χ4v) is 3.28. The first kappa shape index (κ1) is 22.7. The van der Waals surface area contributed by atoms with Crippen molar-refractivity contribution in [3.05, 3.63) is 82.5 Å². The molecule has 0 aliphatic heterocycles. The van der Waals surface area contributed by atoms with Crippen LogP contribution in [0.5, 0.6) is 0 Å². The highest BCUT2D eigenvalue weighted by atomic mass is 16.4. The molecule has 0 aromatic carbocycles. The summed E-state index contributed by atoms with van der Waals surface area (Å²) in [6, 6.07) is 0. The summed E-state index contributed by atoms with van der Waals surface area (Å²) in [5.41, 5.74) is 6.31. The van der Waals surface area contributed by atoms with Gasteiger partial charge in [0.05, 0.1) is 0 Å². The molecule has 27 heavy (non-hydrogen) atoms. The van der Waals surface area contributed by atoms with Crippen molar-refractivity contribution in [2.45, 2.75) is 60.8 Å². The van der Waals surface area contributed by atoms with Crippen molar-refractivity contribution in [1.29, 1.82) is 0 Å². The second-order valence-corrected chi connectivity index (χ2v) is 8.03. The Hall–Kier alpha value is -2.35. The van der Waals surface area contributed by atoms with E-state index in [0.717, 1.165) is 5.57 Å². The molecule has 0 saturated heterocycles. The van der Waals surface area contributed by atoms with Crippen molar-refractivity contribution < 1.29 is 9.90 Å². The molecule has 0 aromatic rings. The van der Waals surface area contributed by atoms with E-state index in [-0.39, 0.29) is 5.41 Å². The average Bonchev–Trinajstić information content (AvgIpc) is 2.53. The molecule has 2 heteroatoms. The number of carboxylic acids is 1. The lowest BCUT2D eigenvalue weighted by Gasteiger charge is -2.32. The number of hydrogen-bond acceptors (Lipinski definition) is 1. The molecule has 0 heterocycles. The normalized spacial score (nSPS) is 19.7. The Labute approximate surface area is 165 Å². The lowest BCUT2D eigenvalue weighted by Crippen LogP contribution is -2.19. The second-order valence-electron chi connectivity index (χ2n) is 8.03. The van der Waals surface area contributed by atoms with E-state index >= 15 is 0 Å². The van der Waals surface area contributed by atoms with Crippen molar-refractivity contribution in [2.75, 3.05) is 0 Å². The van der Waals surface area contributed by atoms with E-state index in [1.54, 1.807) is 13.0 Å². The Bertz CT molecular complexity index is 747. The quantitative estimate of drug-likeness (QED) is 0.385. The van der Waals surface area contributed by atoms with E-state index in [1.165, 1.54) is 42.1 Å². The van der Waals surface area contributed by atoms with Gasteiger partial charge in [-0.1, -0.05) is 79.2 Å². The minimum atomic E-state index is -0.922. The molecule has 146 valence electrons. The topological polar surface area (TPSA) is 37.3 Å². The van der Waals surface area contributed by atoms with Crippen LogP contribution in [-0.4, -0.2) is 11.1 Å². The summed E-state index contributed by atoms with van der Waals surface area (Å²) >= 11 is 0. The highest BCUT2D eigenvalue weighted by Crippen LogP contribution is 2.40. The number of allylic oxidation sites excluding steroid dienone is 13. The van der Waals surface area contributed by atoms with Crippen molar-refractivity contribution in [1.82, 2.24) is 0 Å². The van der Waals surface area contributed by atoms with E-state index in [1.807, 2.05) is 31.2 Å². The summed E-state index contributed by atoms with van der Waals surface area (Å²) in [6.07, 6.45) is 21.3. The molecule has 0 saturated carbocycles. The third-order valence-corrected chi connectivity index (χ3v) is 4.84. The predicted molar refractivity (Wildman–Crippen MR) is 117 cm³/mol. The van der Waals surface area contributed by atoms with Crippen LogP contribution in [0.4, 0.5) is 0 Å². The summed E-state index contributed by atoms with van der Waals surface area (Å²) in [5.74, 6) is -0.922. The van der Waals surface area contributed by atoms with E-state index < -0.39 is 5.97 Å². The molecule has 0 radical (unpaired) electrons. The monoisotopic (exact) mass is 366 g/mol. The smallest absolute Gasteiger partial charge is 0.328 e. The Kier molecular flexibility index (Phi) is 9.00. The largest absolute Gasteiger partial charge is 0.478 e.